The number of nitrogens with zero attached hydrogens (tertiary/aromatic N) is 4. The van der Waals surface area contributed by atoms with Gasteiger partial charge in [-0.3, -0.25) is 9.59 Å². The number of carbonyl (C=O) groups excluding carboxylic acids is 1. The van der Waals surface area contributed by atoms with E-state index in [0.717, 1.165) is 46.3 Å². The van der Waals surface area contributed by atoms with Crippen LogP contribution >= 0.6 is 23.1 Å². The van der Waals surface area contributed by atoms with Gasteiger partial charge in [-0.2, -0.15) is 0 Å². The number of benzene rings is 1. The van der Waals surface area contributed by atoms with Crippen LogP contribution in [0, 0.1) is 6.92 Å². The van der Waals surface area contributed by atoms with E-state index in [1.807, 2.05) is 35.6 Å². The maximum atomic E-state index is 13.6. The highest BCUT2D eigenvalue weighted by atomic mass is 32.2. The van der Waals surface area contributed by atoms with Crippen molar-refractivity contribution in [1.29, 1.82) is 0 Å². The molecule has 5 rings (SSSR count). The summed E-state index contributed by atoms with van der Waals surface area (Å²) < 4.78 is 8.60. The maximum Gasteiger partial charge on any atom is 0.316 e. The molecule has 4 aromatic rings. The van der Waals surface area contributed by atoms with Crippen molar-refractivity contribution >= 4 is 45.1 Å². The van der Waals surface area contributed by atoms with Crippen molar-refractivity contribution < 1.29 is 9.53 Å². The number of aryl methyl sites for hydroxylation is 3. The summed E-state index contributed by atoms with van der Waals surface area (Å²) in [5, 5.41) is 10.0. The normalized spacial score (nSPS) is 13.3. The van der Waals surface area contributed by atoms with Gasteiger partial charge in [0.05, 0.1) is 23.4 Å². The molecular weight excluding hydrogens is 420 g/mol. The lowest BCUT2D eigenvalue weighted by Gasteiger charge is -2.10. The van der Waals surface area contributed by atoms with Crippen LogP contribution in [0.25, 0.3) is 21.7 Å². The number of thiophene rings is 1. The zero-order valence-corrected chi connectivity index (χ0v) is 18.3. The fraction of sp³-hybridized carbons (Fsp3) is 0.333. The third-order valence-corrected chi connectivity index (χ3v) is 7.44. The molecule has 3 aromatic heterocycles. The number of fused-ring (bicyclic) bond motifs is 5. The van der Waals surface area contributed by atoms with Crippen LogP contribution in [0.5, 0.6) is 0 Å². The van der Waals surface area contributed by atoms with E-state index in [1.54, 1.807) is 22.8 Å². The second kappa shape index (κ2) is 7.55. The van der Waals surface area contributed by atoms with Crippen molar-refractivity contribution in [2.45, 2.75) is 38.3 Å². The van der Waals surface area contributed by atoms with Crippen molar-refractivity contribution in [1.82, 2.24) is 19.2 Å². The molecule has 7 nitrogen and oxygen atoms in total. The van der Waals surface area contributed by atoms with Crippen LogP contribution in [-0.2, 0) is 22.4 Å². The zero-order chi connectivity index (χ0) is 20.8. The standard InChI is InChI=1S/C21H20N4O3S2/c1-3-28-16(26)11-29-21-23-22-20-24(13-9-7-12(2)8-10-13)18(27)17-14-5-4-6-15(14)30-19(17)25(20)21/h7-10H,3-6,11H2,1-2H3. The molecule has 3 heterocycles. The number of ether oxygens (including phenoxy) is 1. The molecule has 0 radical (unpaired) electrons. The lowest BCUT2D eigenvalue weighted by molar-refractivity contribution is -0.139. The molecule has 0 saturated carbocycles. The molecule has 0 atom stereocenters. The van der Waals surface area contributed by atoms with E-state index in [0.29, 0.717) is 17.5 Å². The largest absolute Gasteiger partial charge is 0.465 e. The van der Waals surface area contributed by atoms with Gasteiger partial charge in [0.25, 0.3) is 5.56 Å². The van der Waals surface area contributed by atoms with Gasteiger partial charge in [-0.1, -0.05) is 29.5 Å². The minimum atomic E-state index is -0.295. The molecular formula is C21H20N4O3S2. The number of esters is 1. The van der Waals surface area contributed by atoms with E-state index in [-0.39, 0.29) is 17.3 Å². The van der Waals surface area contributed by atoms with Crippen molar-refractivity contribution in [3.05, 3.63) is 50.6 Å². The molecule has 0 aliphatic heterocycles. The average Bonchev–Trinajstić information content (AvgIpc) is 3.42. The number of thioether (sulfide) groups is 1. The average molecular weight is 441 g/mol. The fourth-order valence-electron chi connectivity index (χ4n) is 3.90. The fourth-order valence-corrected chi connectivity index (χ4v) is 6.07. The van der Waals surface area contributed by atoms with Crippen LogP contribution in [0.2, 0.25) is 0 Å². The highest BCUT2D eigenvalue weighted by Crippen LogP contribution is 2.37. The van der Waals surface area contributed by atoms with E-state index in [2.05, 4.69) is 10.2 Å². The number of hydrogen-bond acceptors (Lipinski definition) is 7. The molecule has 1 aliphatic carbocycles. The SMILES string of the molecule is CCOC(=O)CSc1nnc2n(-c3ccc(C)cc3)c(=O)c3c4c(sc3n12)CCC4. The summed E-state index contributed by atoms with van der Waals surface area (Å²) in [6, 6.07) is 7.81. The Bertz CT molecular complexity index is 1330. The summed E-state index contributed by atoms with van der Waals surface area (Å²) in [4.78, 5) is 27.6. The van der Waals surface area contributed by atoms with Crippen molar-refractivity contribution in [3.8, 4) is 5.69 Å². The molecule has 0 bridgehead atoms. The molecule has 1 aromatic carbocycles. The molecule has 0 saturated heterocycles. The van der Waals surface area contributed by atoms with Crippen molar-refractivity contribution in [3.63, 3.8) is 0 Å². The monoisotopic (exact) mass is 440 g/mol. The molecule has 0 fully saturated rings. The topological polar surface area (TPSA) is 78.5 Å². The predicted octanol–water partition coefficient (Wildman–Crippen LogP) is 3.55. The van der Waals surface area contributed by atoms with Gasteiger partial charge >= 0.3 is 5.97 Å². The van der Waals surface area contributed by atoms with Crippen LogP contribution in [0.15, 0.2) is 34.2 Å². The molecule has 0 amide bonds. The first-order valence-corrected chi connectivity index (χ1v) is 11.7. The quantitative estimate of drug-likeness (QED) is 0.349. The Morgan fingerprint density at radius 2 is 2.03 bits per heavy atom. The summed E-state index contributed by atoms with van der Waals surface area (Å²) in [5.41, 5.74) is 2.96. The Hall–Kier alpha value is -2.65. The van der Waals surface area contributed by atoms with Crippen LogP contribution < -0.4 is 5.56 Å². The molecule has 9 heteroatoms. The Morgan fingerprint density at radius 3 is 2.80 bits per heavy atom. The molecule has 0 N–H and O–H groups in total. The first-order valence-electron chi connectivity index (χ1n) is 9.88. The third-order valence-electron chi connectivity index (χ3n) is 5.26. The Morgan fingerprint density at radius 1 is 1.23 bits per heavy atom. The molecule has 154 valence electrons. The molecule has 1 aliphatic rings. The minimum Gasteiger partial charge on any atom is -0.465 e. The van der Waals surface area contributed by atoms with E-state index >= 15 is 0 Å². The van der Waals surface area contributed by atoms with Crippen LogP contribution in [0.1, 0.15) is 29.3 Å². The summed E-state index contributed by atoms with van der Waals surface area (Å²) in [5.74, 6) is 0.309. The Labute approximate surface area is 180 Å². The van der Waals surface area contributed by atoms with E-state index < -0.39 is 0 Å². The van der Waals surface area contributed by atoms with Gasteiger partial charge in [-0.25, -0.2) is 8.97 Å². The van der Waals surface area contributed by atoms with Crippen molar-refractivity contribution in [2.75, 3.05) is 12.4 Å². The van der Waals surface area contributed by atoms with Gasteiger partial charge < -0.3 is 4.74 Å². The zero-order valence-electron chi connectivity index (χ0n) is 16.7. The Balaban J connectivity index is 1.77. The van der Waals surface area contributed by atoms with E-state index in [9.17, 15) is 9.59 Å². The first kappa shape index (κ1) is 19.3. The van der Waals surface area contributed by atoms with Gasteiger partial charge in [-0.15, -0.1) is 21.5 Å². The highest BCUT2D eigenvalue weighted by Gasteiger charge is 2.26. The van der Waals surface area contributed by atoms with E-state index in [1.165, 1.54) is 16.6 Å². The first-order chi connectivity index (χ1) is 14.6. The maximum absolute atomic E-state index is 13.6. The number of carbonyl (C=O) groups is 1. The smallest absolute Gasteiger partial charge is 0.316 e. The summed E-state index contributed by atoms with van der Waals surface area (Å²) in [7, 11) is 0. The third kappa shape index (κ3) is 3.04. The number of hydrogen-bond donors (Lipinski definition) is 0. The van der Waals surface area contributed by atoms with Gasteiger partial charge in [0, 0.05) is 4.88 Å². The van der Waals surface area contributed by atoms with Crippen molar-refractivity contribution in [2.24, 2.45) is 0 Å². The van der Waals surface area contributed by atoms with Gasteiger partial charge in [-0.05, 0) is 50.8 Å². The predicted molar refractivity (Wildman–Crippen MR) is 118 cm³/mol. The van der Waals surface area contributed by atoms with Gasteiger partial charge in [0.15, 0.2) is 5.16 Å². The van der Waals surface area contributed by atoms with E-state index in [4.69, 9.17) is 4.74 Å². The van der Waals surface area contributed by atoms with Gasteiger partial charge in [0.2, 0.25) is 5.78 Å². The summed E-state index contributed by atoms with van der Waals surface area (Å²) in [6.07, 6.45) is 2.98. The lowest BCUT2D eigenvalue weighted by atomic mass is 10.2. The summed E-state index contributed by atoms with van der Waals surface area (Å²) in [6.45, 7) is 4.14. The Kier molecular flexibility index (Phi) is 4.86. The van der Waals surface area contributed by atoms with Crippen LogP contribution in [0.3, 0.4) is 0 Å². The second-order valence-corrected chi connectivity index (χ2v) is 9.25. The number of rotatable bonds is 5. The minimum absolute atomic E-state index is 0.0601. The molecule has 30 heavy (non-hydrogen) atoms. The molecule has 0 unspecified atom stereocenters. The van der Waals surface area contributed by atoms with Crippen LogP contribution in [-0.4, -0.2) is 37.5 Å². The molecule has 0 spiro atoms. The second-order valence-electron chi connectivity index (χ2n) is 7.23. The highest BCUT2D eigenvalue weighted by molar-refractivity contribution is 7.99. The number of aromatic nitrogens is 4. The summed E-state index contributed by atoms with van der Waals surface area (Å²) >= 11 is 2.92. The lowest BCUT2D eigenvalue weighted by Crippen LogP contribution is -2.22. The van der Waals surface area contributed by atoms with Crippen LogP contribution in [0.4, 0.5) is 0 Å². The van der Waals surface area contributed by atoms with Gasteiger partial charge in [0.1, 0.15) is 4.83 Å².